The van der Waals surface area contributed by atoms with Gasteiger partial charge in [-0.25, -0.2) is 0 Å². The molecule has 0 aromatic carbocycles. The largest absolute Gasteiger partial charge is 0.481 e. The van der Waals surface area contributed by atoms with Gasteiger partial charge in [0.15, 0.2) is 5.92 Å². The van der Waals surface area contributed by atoms with Crippen LogP contribution in [0.15, 0.2) is 0 Å². The molecule has 2 rings (SSSR count). The van der Waals surface area contributed by atoms with Gasteiger partial charge < -0.3 is 10.0 Å². The standard InChI is InChI=1S/C11H15F3N2O3/c12-11(13,14)8(10(18)19)6-15-3-4-16-7(5-15)1-2-9(16)17/h7-8H,1-6H2,(H,18,19). The molecule has 2 atom stereocenters. The fourth-order valence-electron chi connectivity index (χ4n) is 2.67. The van der Waals surface area contributed by atoms with Crippen molar-refractivity contribution in [2.75, 3.05) is 26.2 Å². The highest BCUT2D eigenvalue weighted by Crippen LogP contribution is 2.29. The molecule has 8 heteroatoms. The molecule has 5 nitrogen and oxygen atoms in total. The van der Waals surface area contributed by atoms with Crippen LogP contribution in [0.2, 0.25) is 0 Å². The van der Waals surface area contributed by atoms with Crippen LogP contribution in [0.3, 0.4) is 0 Å². The van der Waals surface area contributed by atoms with E-state index < -0.39 is 24.6 Å². The normalized spacial score (nSPS) is 26.4. The second-order valence-electron chi connectivity index (χ2n) is 4.97. The molecule has 0 bridgehead atoms. The highest BCUT2D eigenvalue weighted by atomic mass is 19.4. The van der Waals surface area contributed by atoms with Gasteiger partial charge in [0.2, 0.25) is 5.91 Å². The molecular formula is C11H15F3N2O3. The molecule has 0 aromatic rings. The van der Waals surface area contributed by atoms with Crippen molar-refractivity contribution in [2.45, 2.75) is 25.1 Å². The van der Waals surface area contributed by atoms with Gasteiger partial charge in [-0.1, -0.05) is 0 Å². The summed E-state index contributed by atoms with van der Waals surface area (Å²) in [7, 11) is 0. The average Bonchev–Trinajstić information content (AvgIpc) is 2.66. The first-order valence-electron chi connectivity index (χ1n) is 6.10. The molecule has 108 valence electrons. The third kappa shape index (κ3) is 2.99. The minimum atomic E-state index is -4.74. The maximum atomic E-state index is 12.6. The van der Waals surface area contributed by atoms with Gasteiger partial charge in [-0.05, 0) is 6.42 Å². The summed E-state index contributed by atoms with van der Waals surface area (Å²) in [6.07, 6.45) is -3.67. The summed E-state index contributed by atoms with van der Waals surface area (Å²) in [5.74, 6) is -4.18. The van der Waals surface area contributed by atoms with E-state index in [1.165, 1.54) is 4.90 Å². The van der Waals surface area contributed by atoms with E-state index in [0.717, 1.165) is 0 Å². The number of halogens is 3. The summed E-state index contributed by atoms with van der Waals surface area (Å²) >= 11 is 0. The van der Waals surface area contributed by atoms with Crippen LogP contribution in [-0.2, 0) is 9.59 Å². The number of aliphatic carboxylic acids is 1. The quantitative estimate of drug-likeness (QED) is 0.820. The third-order valence-corrected chi connectivity index (χ3v) is 3.71. The van der Waals surface area contributed by atoms with Crippen LogP contribution in [0.1, 0.15) is 12.8 Å². The highest BCUT2D eigenvalue weighted by molar-refractivity contribution is 5.79. The number of hydrogen-bond acceptors (Lipinski definition) is 3. The van der Waals surface area contributed by atoms with Gasteiger partial charge in [0.05, 0.1) is 0 Å². The van der Waals surface area contributed by atoms with Crippen molar-refractivity contribution in [1.82, 2.24) is 9.80 Å². The molecule has 0 spiro atoms. The van der Waals surface area contributed by atoms with Crippen molar-refractivity contribution in [3.05, 3.63) is 0 Å². The lowest BCUT2D eigenvalue weighted by Crippen LogP contribution is -2.54. The van der Waals surface area contributed by atoms with Gasteiger partial charge in [0.25, 0.3) is 0 Å². The summed E-state index contributed by atoms with van der Waals surface area (Å²) in [4.78, 5) is 25.3. The Labute approximate surface area is 108 Å². The SMILES string of the molecule is O=C(O)C(CN1CCN2C(=O)CCC2C1)C(F)(F)F. The Bertz CT molecular complexity index is 386. The molecule has 2 aliphatic heterocycles. The van der Waals surface area contributed by atoms with E-state index in [1.54, 1.807) is 4.90 Å². The fourth-order valence-corrected chi connectivity index (χ4v) is 2.67. The molecule has 2 aliphatic rings. The van der Waals surface area contributed by atoms with Gasteiger partial charge in [0, 0.05) is 38.6 Å². The Hall–Kier alpha value is -1.31. The van der Waals surface area contributed by atoms with Crippen molar-refractivity contribution in [1.29, 1.82) is 0 Å². The molecule has 1 N–H and O–H groups in total. The van der Waals surface area contributed by atoms with Crippen LogP contribution >= 0.6 is 0 Å². The minimum absolute atomic E-state index is 0.0373. The fraction of sp³-hybridized carbons (Fsp3) is 0.818. The lowest BCUT2D eigenvalue weighted by Gasteiger charge is -2.38. The smallest absolute Gasteiger partial charge is 0.403 e. The van der Waals surface area contributed by atoms with Crippen LogP contribution in [0.25, 0.3) is 0 Å². The number of fused-ring (bicyclic) bond motifs is 1. The van der Waals surface area contributed by atoms with Crippen molar-refractivity contribution < 1.29 is 27.9 Å². The zero-order chi connectivity index (χ0) is 14.2. The van der Waals surface area contributed by atoms with Crippen molar-refractivity contribution in [2.24, 2.45) is 5.92 Å². The van der Waals surface area contributed by atoms with Gasteiger partial charge in [-0.2, -0.15) is 13.2 Å². The average molecular weight is 280 g/mol. The molecule has 0 saturated carbocycles. The minimum Gasteiger partial charge on any atom is -0.481 e. The van der Waals surface area contributed by atoms with Crippen molar-refractivity contribution in [3.63, 3.8) is 0 Å². The lowest BCUT2D eigenvalue weighted by molar-refractivity contribution is -0.197. The number of hydrogen-bond donors (Lipinski definition) is 1. The second kappa shape index (κ2) is 4.99. The van der Waals surface area contributed by atoms with E-state index in [9.17, 15) is 22.8 Å². The molecular weight excluding hydrogens is 265 g/mol. The highest BCUT2D eigenvalue weighted by Gasteiger charge is 2.47. The van der Waals surface area contributed by atoms with Crippen LogP contribution in [-0.4, -0.2) is 65.2 Å². The molecule has 2 heterocycles. The molecule has 1 amide bonds. The van der Waals surface area contributed by atoms with E-state index in [2.05, 4.69) is 0 Å². The van der Waals surface area contributed by atoms with Crippen LogP contribution in [0.5, 0.6) is 0 Å². The number of alkyl halides is 3. The predicted molar refractivity (Wildman–Crippen MR) is 58.4 cm³/mol. The van der Waals surface area contributed by atoms with Gasteiger partial charge >= 0.3 is 12.1 Å². The number of carbonyl (C=O) groups is 2. The van der Waals surface area contributed by atoms with Crippen LogP contribution in [0, 0.1) is 5.92 Å². The van der Waals surface area contributed by atoms with Crippen LogP contribution < -0.4 is 0 Å². The summed E-state index contributed by atoms with van der Waals surface area (Å²) in [6.45, 7) is 0.457. The Morgan fingerprint density at radius 3 is 2.68 bits per heavy atom. The molecule has 2 saturated heterocycles. The van der Waals surface area contributed by atoms with Gasteiger partial charge in [-0.15, -0.1) is 0 Å². The Kier molecular flexibility index (Phi) is 3.71. The predicted octanol–water partition coefficient (Wildman–Crippen LogP) is 0.556. The van der Waals surface area contributed by atoms with E-state index in [1.807, 2.05) is 0 Å². The first kappa shape index (κ1) is 14.1. The molecule has 0 radical (unpaired) electrons. The maximum Gasteiger partial charge on any atom is 0.403 e. The van der Waals surface area contributed by atoms with Gasteiger partial charge in [-0.3, -0.25) is 14.5 Å². The molecule has 19 heavy (non-hydrogen) atoms. The molecule has 2 unspecified atom stereocenters. The van der Waals surface area contributed by atoms with Gasteiger partial charge in [0.1, 0.15) is 0 Å². The summed E-state index contributed by atoms with van der Waals surface area (Å²) in [5, 5.41) is 8.66. The number of nitrogens with zero attached hydrogens (tertiary/aromatic N) is 2. The van der Waals surface area contributed by atoms with E-state index in [0.29, 0.717) is 32.5 Å². The number of carboxylic acid groups (broad SMARTS) is 1. The zero-order valence-corrected chi connectivity index (χ0v) is 10.2. The number of carbonyl (C=O) groups excluding carboxylic acids is 1. The third-order valence-electron chi connectivity index (χ3n) is 3.71. The molecule has 0 aliphatic carbocycles. The topological polar surface area (TPSA) is 60.9 Å². The number of rotatable bonds is 3. The summed E-state index contributed by atoms with van der Waals surface area (Å²) in [5.41, 5.74) is 0. The molecule has 2 fully saturated rings. The van der Waals surface area contributed by atoms with E-state index >= 15 is 0 Å². The monoisotopic (exact) mass is 280 g/mol. The van der Waals surface area contributed by atoms with Crippen LogP contribution in [0.4, 0.5) is 13.2 Å². The zero-order valence-electron chi connectivity index (χ0n) is 10.2. The van der Waals surface area contributed by atoms with Crippen molar-refractivity contribution >= 4 is 11.9 Å². The second-order valence-corrected chi connectivity index (χ2v) is 4.97. The van der Waals surface area contributed by atoms with Crippen molar-refractivity contribution in [3.8, 4) is 0 Å². The number of piperazine rings is 1. The van der Waals surface area contributed by atoms with E-state index in [4.69, 9.17) is 5.11 Å². The first-order valence-corrected chi connectivity index (χ1v) is 6.10. The number of carboxylic acids is 1. The Morgan fingerprint density at radius 2 is 2.11 bits per heavy atom. The summed E-state index contributed by atoms with van der Waals surface area (Å²) < 4.78 is 37.8. The summed E-state index contributed by atoms with van der Waals surface area (Å²) in [6, 6.07) is -0.0658. The number of amides is 1. The Balaban J connectivity index is 1.97. The molecule has 0 aromatic heterocycles. The maximum absolute atomic E-state index is 12.6. The van der Waals surface area contributed by atoms with E-state index in [-0.39, 0.29) is 11.9 Å². The first-order chi connectivity index (χ1) is 8.79. The Morgan fingerprint density at radius 1 is 1.42 bits per heavy atom. The lowest BCUT2D eigenvalue weighted by atomic mass is 10.1.